The molecule has 6 heteroatoms. The van der Waals surface area contributed by atoms with Crippen LogP contribution < -0.4 is 5.32 Å². The van der Waals surface area contributed by atoms with E-state index in [1.54, 1.807) is 24.3 Å². The van der Waals surface area contributed by atoms with Crippen molar-refractivity contribution >= 4 is 12.0 Å². The maximum atomic E-state index is 13.0. The van der Waals surface area contributed by atoms with Crippen molar-refractivity contribution in [2.75, 3.05) is 19.6 Å². The van der Waals surface area contributed by atoms with Crippen LogP contribution in [0, 0.1) is 18.7 Å². The van der Waals surface area contributed by atoms with Gasteiger partial charge in [0.2, 0.25) is 5.91 Å². The molecule has 37 heavy (non-hydrogen) atoms. The number of aromatic nitrogens is 1. The molecule has 1 aliphatic heterocycles. The van der Waals surface area contributed by atoms with Gasteiger partial charge in [0.1, 0.15) is 17.3 Å². The first kappa shape index (κ1) is 25.4. The van der Waals surface area contributed by atoms with E-state index < -0.39 is 0 Å². The Balaban J connectivity index is 1.03. The van der Waals surface area contributed by atoms with Gasteiger partial charge in [-0.05, 0) is 105 Å². The number of hydrogen-bond donors (Lipinski definition) is 1. The first-order valence-electron chi connectivity index (χ1n) is 13.5. The average molecular weight is 502 g/mol. The van der Waals surface area contributed by atoms with Crippen LogP contribution in [0.5, 0.6) is 0 Å². The van der Waals surface area contributed by atoms with Gasteiger partial charge in [0.25, 0.3) is 0 Å². The molecule has 1 aromatic heterocycles. The molecule has 194 valence electrons. The van der Waals surface area contributed by atoms with E-state index in [9.17, 15) is 9.18 Å². The molecule has 3 aromatic rings. The zero-order valence-corrected chi connectivity index (χ0v) is 21.6. The Labute approximate surface area is 218 Å². The van der Waals surface area contributed by atoms with Crippen molar-refractivity contribution in [2.45, 2.75) is 57.9 Å². The van der Waals surface area contributed by atoms with E-state index in [-0.39, 0.29) is 17.8 Å². The minimum atomic E-state index is -0.271. The van der Waals surface area contributed by atoms with Crippen LogP contribution in [-0.4, -0.2) is 41.6 Å². The van der Waals surface area contributed by atoms with Gasteiger partial charge >= 0.3 is 0 Å². The molecule has 1 aliphatic carbocycles. The van der Waals surface area contributed by atoms with Crippen LogP contribution in [-0.2, 0) is 17.6 Å². The van der Waals surface area contributed by atoms with Crippen LogP contribution in [0.25, 0.3) is 17.3 Å². The second-order valence-corrected chi connectivity index (χ2v) is 10.5. The highest BCUT2D eigenvalue weighted by Crippen LogP contribution is 2.28. The number of amides is 1. The molecule has 0 atom stereocenters. The molecule has 2 aromatic carbocycles. The average Bonchev–Trinajstić information content (AvgIpc) is 3.24. The fourth-order valence-electron chi connectivity index (χ4n) is 5.61. The number of nitrogens with zero attached hydrogens (tertiary/aromatic N) is 2. The van der Waals surface area contributed by atoms with Crippen LogP contribution in [0.2, 0.25) is 0 Å². The van der Waals surface area contributed by atoms with Crippen molar-refractivity contribution in [3.05, 3.63) is 82.9 Å². The van der Waals surface area contributed by atoms with Gasteiger partial charge in [0, 0.05) is 36.8 Å². The molecular formula is C31H36FN3O2. The Hall–Kier alpha value is -3.25. The van der Waals surface area contributed by atoms with E-state index in [0.717, 1.165) is 73.8 Å². The molecule has 1 amide bonds. The predicted octanol–water partition coefficient (Wildman–Crippen LogP) is 5.97. The predicted molar refractivity (Wildman–Crippen MR) is 144 cm³/mol. The third kappa shape index (κ3) is 6.95. The van der Waals surface area contributed by atoms with Crippen LogP contribution >= 0.6 is 0 Å². The molecule has 1 N–H and O–H groups in total. The number of aryl methyl sites for hydroxylation is 1. The zero-order valence-electron chi connectivity index (χ0n) is 21.6. The number of halogens is 1. The summed E-state index contributed by atoms with van der Waals surface area (Å²) in [7, 11) is 0. The minimum absolute atomic E-state index is 0.0706. The second-order valence-electron chi connectivity index (χ2n) is 10.5. The van der Waals surface area contributed by atoms with E-state index in [1.807, 2.05) is 13.0 Å². The lowest BCUT2D eigenvalue weighted by molar-refractivity contribution is -0.117. The molecule has 0 saturated heterocycles. The maximum absolute atomic E-state index is 13.0. The molecule has 5 rings (SSSR count). The summed E-state index contributed by atoms with van der Waals surface area (Å²) in [5.41, 5.74) is 5.76. The van der Waals surface area contributed by atoms with Crippen molar-refractivity contribution in [2.24, 2.45) is 5.92 Å². The monoisotopic (exact) mass is 501 g/mol. The molecular weight excluding hydrogens is 465 g/mol. The number of nitrogens with one attached hydrogen (secondary N) is 1. The fraction of sp³-hybridized carbons (Fsp3) is 0.419. The van der Waals surface area contributed by atoms with Crippen molar-refractivity contribution in [3.8, 4) is 11.3 Å². The summed E-state index contributed by atoms with van der Waals surface area (Å²) >= 11 is 0. The number of carbonyl (C=O) groups excluding carboxylic acids is 1. The number of hydrogen-bond acceptors (Lipinski definition) is 4. The molecule has 0 radical (unpaired) electrons. The minimum Gasteiger partial charge on any atom is -0.361 e. The molecule has 2 heterocycles. The van der Waals surface area contributed by atoms with Crippen molar-refractivity contribution in [1.82, 2.24) is 15.4 Å². The quantitative estimate of drug-likeness (QED) is 0.406. The van der Waals surface area contributed by atoms with Gasteiger partial charge in [-0.25, -0.2) is 4.39 Å². The van der Waals surface area contributed by atoms with E-state index >= 15 is 0 Å². The molecule has 1 saturated carbocycles. The van der Waals surface area contributed by atoms with E-state index in [0.29, 0.717) is 0 Å². The Morgan fingerprint density at radius 3 is 2.54 bits per heavy atom. The van der Waals surface area contributed by atoms with Crippen molar-refractivity contribution in [1.29, 1.82) is 0 Å². The van der Waals surface area contributed by atoms with Crippen molar-refractivity contribution < 1.29 is 13.7 Å². The van der Waals surface area contributed by atoms with Gasteiger partial charge in [-0.2, -0.15) is 0 Å². The van der Waals surface area contributed by atoms with Gasteiger partial charge in [-0.3, -0.25) is 4.79 Å². The highest BCUT2D eigenvalue weighted by molar-refractivity contribution is 5.91. The number of fused-ring (bicyclic) bond motifs is 1. The summed E-state index contributed by atoms with van der Waals surface area (Å²) in [6.45, 7) is 5.28. The highest BCUT2D eigenvalue weighted by Gasteiger charge is 2.23. The highest BCUT2D eigenvalue weighted by atomic mass is 19.1. The van der Waals surface area contributed by atoms with Crippen LogP contribution in [0.4, 0.5) is 4.39 Å². The maximum Gasteiger partial charge on any atom is 0.244 e. The summed E-state index contributed by atoms with van der Waals surface area (Å²) in [5, 5.41) is 7.32. The van der Waals surface area contributed by atoms with Gasteiger partial charge < -0.3 is 14.7 Å². The van der Waals surface area contributed by atoms with Gasteiger partial charge in [-0.15, -0.1) is 0 Å². The molecule has 5 nitrogen and oxygen atoms in total. The first-order chi connectivity index (χ1) is 18.0. The topological polar surface area (TPSA) is 58.4 Å². The first-order valence-corrected chi connectivity index (χ1v) is 13.5. The Bertz CT molecular complexity index is 1230. The summed E-state index contributed by atoms with van der Waals surface area (Å²) in [6, 6.07) is 15.1. The summed E-state index contributed by atoms with van der Waals surface area (Å²) in [4.78, 5) is 14.9. The molecule has 0 spiro atoms. The van der Waals surface area contributed by atoms with Gasteiger partial charge in [0.15, 0.2) is 0 Å². The lowest BCUT2D eigenvalue weighted by Gasteiger charge is -2.30. The fourth-order valence-corrected chi connectivity index (χ4v) is 5.61. The molecule has 0 bridgehead atoms. The van der Waals surface area contributed by atoms with Crippen LogP contribution in [0.1, 0.15) is 54.6 Å². The zero-order chi connectivity index (χ0) is 25.6. The van der Waals surface area contributed by atoms with Gasteiger partial charge in [-0.1, -0.05) is 29.4 Å². The Morgan fingerprint density at radius 1 is 1.05 bits per heavy atom. The normalized spacial score (nSPS) is 20.5. The Kier molecular flexibility index (Phi) is 8.15. The largest absolute Gasteiger partial charge is 0.361 e. The van der Waals surface area contributed by atoms with Gasteiger partial charge in [0.05, 0.1) is 0 Å². The summed E-state index contributed by atoms with van der Waals surface area (Å²) in [6.07, 6.45) is 11.1. The van der Waals surface area contributed by atoms with E-state index in [1.165, 1.54) is 42.5 Å². The third-order valence-electron chi connectivity index (χ3n) is 7.87. The smallest absolute Gasteiger partial charge is 0.244 e. The molecule has 1 fully saturated rings. The number of rotatable bonds is 7. The Morgan fingerprint density at radius 2 is 1.81 bits per heavy atom. The lowest BCUT2D eigenvalue weighted by atomic mass is 9.84. The summed E-state index contributed by atoms with van der Waals surface area (Å²) < 4.78 is 18.3. The van der Waals surface area contributed by atoms with Crippen LogP contribution in [0.3, 0.4) is 0 Å². The number of carbonyl (C=O) groups is 1. The number of benzene rings is 2. The molecule has 2 aliphatic rings. The van der Waals surface area contributed by atoms with Crippen LogP contribution in [0.15, 0.2) is 59.1 Å². The van der Waals surface area contributed by atoms with E-state index in [2.05, 4.69) is 33.6 Å². The third-order valence-corrected chi connectivity index (χ3v) is 7.87. The standard InChI is InChI=1S/C31H36FN3O2/c1-22-20-30(34-37-22)27-8-7-25-15-18-35(19-16-26(25)21-27)17-14-24-4-11-29(12-5-24)33-31(36)13-6-23-2-9-28(32)10-3-23/h2-3,6-10,13,20-21,24,29H,4-5,11-12,14-19H2,1H3,(H,33,36)/b13-6+. The SMILES string of the molecule is Cc1cc(-c2ccc3c(c2)CCN(CCC2CCC(NC(=O)/C=C/c4ccc(F)cc4)CC2)CC3)no1. The lowest BCUT2D eigenvalue weighted by Crippen LogP contribution is -2.37. The van der Waals surface area contributed by atoms with Crippen molar-refractivity contribution in [3.63, 3.8) is 0 Å². The summed E-state index contributed by atoms with van der Waals surface area (Å²) in [5.74, 6) is 1.23. The second kappa shape index (κ2) is 11.9. The van der Waals surface area contributed by atoms with E-state index in [4.69, 9.17) is 4.52 Å². The molecule has 0 unspecified atom stereocenters.